The molecule has 1 fully saturated rings. The zero-order valence-corrected chi connectivity index (χ0v) is 12.7. The van der Waals surface area contributed by atoms with Gasteiger partial charge in [-0.15, -0.1) is 0 Å². The smallest absolute Gasteiger partial charge is 0.229 e. The molecular weight excluding hydrogens is 276 g/mol. The maximum absolute atomic E-state index is 11.1. The Labute approximate surface area is 120 Å². The molecule has 0 aromatic heterocycles. The number of anilines is 2. The lowest BCUT2D eigenvalue weighted by atomic mass is 9.92. The van der Waals surface area contributed by atoms with Crippen LogP contribution in [0.15, 0.2) is 24.3 Å². The largest absolute Gasteiger partial charge is 0.382 e. The molecule has 112 valence electrons. The van der Waals surface area contributed by atoms with E-state index in [1.807, 2.05) is 12.1 Å². The molecule has 0 amide bonds. The minimum absolute atomic E-state index is 0.340. The van der Waals surface area contributed by atoms with Crippen molar-refractivity contribution in [2.45, 2.75) is 37.8 Å². The van der Waals surface area contributed by atoms with Crippen molar-refractivity contribution in [2.75, 3.05) is 23.4 Å². The second-order valence-electron chi connectivity index (χ2n) is 5.32. The fourth-order valence-corrected chi connectivity index (χ4v) is 3.14. The standard InChI is InChI=1S/C14H22N2O3S/c1-19-14-5-3-4-13(10-14)15-11-6-8-12(9-7-11)16-20(2,17)18/h6-9,13-16H,3-5,10H2,1-2H3. The van der Waals surface area contributed by atoms with Gasteiger partial charge in [-0.3, -0.25) is 4.72 Å². The number of nitrogens with one attached hydrogen (secondary N) is 2. The second-order valence-corrected chi connectivity index (χ2v) is 7.07. The molecule has 1 aliphatic carbocycles. The summed E-state index contributed by atoms with van der Waals surface area (Å²) in [5, 5.41) is 3.48. The van der Waals surface area contributed by atoms with Crippen LogP contribution in [0.4, 0.5) is 11.4 Å². The molecule has 0 radical (unpaired) electrons. The van der Waals surface area contributed by atoms with E-state index in [9.17, 15) is 8.42 Å². The van der Waals surface area contributed by atoms with E-state index >= 15 is 0 Å². The average Bonchev–Trinajstić information content (AvgIpc) is 2.40. The van der Waals surface area contributed by atoms with Crippen molar-refractivity contribution < 1.29 is 13.2 Å². The molecule has 1 aromatic carbocycles. The minimum Gasteiger partial charge on any atom is -0.382 e. The number of methoxy groups -OCH3 is 1. The summed E-state index contributed by atoms with van der Waals surface area (Å²) in [6.45, 7) is 0. The highest BCUT2D eigenvalue weighted by Crippen LogP contribution is 2.24. The van der Waals surface area contributed by atoms with Gasteiger partial charge in [0, 0.05) is 24.5 Å². The van der Waals surface area contributed by atoms with Crippen LogP contribution in [0.5, 0.6) is 0 Å². The molecule has 1 saturated carbocycles. The summed E-state index contributed by atoms with van der Waals surface area (Å²) in [6, 6.07) is 7.73. The maximum Gasteiger partial charge on any atom is 0.229 e. The molecular formula is C14H22N2O3S. The van der Waals surface area contributed by atoms with Crippen molar-refractivity contribution in [3.05, 3.63) is 24.3 Å². The lowest BCUT2D eigenvalue weighted by molar-refractivity contribution is 0.0669. The van der Waals surface area contributed by atoms with Crippen molar-refractivity contribution in [3.8, 4) is 0 Å². The first kappa shape index (κ1) is 15.1. The van der Waals surface area contributed by atoms with E-state index in [0.717, 1.165) is 31.2 Å². The van der Waals surface area contributed by atoms with Crippen LogP contribution in [-0.2, 0) is 14.8 Å². The summed E-state index contributed by atoms with van der Waals surface area (Å²) in [4.78, 5) is 0. The van der Waals surface area contributed by atoms with E-state index in [4.69, 9.17) is 4.74 Å². The molecule has 0 saturated heterocycles. The Morgan fingerprint density at radius 3 is 2.40 bits per heavy atom. The van der Waals surface area contributed by atoms with Gasteiger partial charge in [0.05, 0.1) is 12.4 Å². The van der Waals surface area contributed by atoms with Crippen LogP contribution in [0.3, 0.4) is 0 Å². The quantitative estimate of drug-likeness (QED) is 0.876. The van der Waals surface area contributed by atoms with Gasteiger partial charge >= 0.3 is 0 Å². The zero-order valence-electron chi connectivity index (χ0n) is 11.9. The highest BCUT2D eigenvalue weighted by Gasteiger charge is 2.21. The van der Waals surface area contributed by atoms with Crippen LogP contribution in [0, 0.1) is 0 Å². The highest BCUT2D eigenvalue weighted by atomic mass is 32.2. The number of hydrogen-bond acceptors (Lipinski definition) is 4. The van der Waals surface area contributed by atoms with Crippen molar-refractivity contribution >= 4 is 21.4 Å². The molecule has 2 unspecified atom stereocenters. The maximum atomic E-state index is 11.1. The predicted molar refractivity (Wildman–Crippen MR) is 81.6 cm³/mol. The van der Waals surface area contributed by atoms with E-state index in [-0.39, 0.29) is 0 Å². The van der Waals surface area contributed by atoms with Crippen molar-refractivity contribution in [2.24, 2.45) is 0 Å². The number of rotatable bonds is 5. The fourth-order valence-electron chi connectivity index (χ4n) is 2.57. The van der Waals surface area contributed by atoms with Crippen molar-refractivity contribution in [1.29, 1.82) is 0 Å². The Hall–Kier alpha value is -1.27. The first-order valence-corrected chi connectivity index (χ1v) is 8.72. The summed E-state index contributed by atoms with van der Waals surface area (Å²) >= 11 is 0. The first-order chi connectivity index (χ1) is 9.46. The Bertz CT molecular complexity index is 528. The van der Waals surface area contributed by atoms with Gasteiger partial charge in [-0.1, -0.05) is 0 Å². The molecule has 20 heavy (non-hydrogen) atoms. The van der Waals surface area contributed by atoms with E-state index in [0.29, 0.717) is 17.8 Å². The fraction of sp³-hybridized carbons (Fsp3) is 0.571. The SMILES string of the molecule is COC1CCCC(Nc2ccc(NS(C)(=O)=O)cc2)C1. The van der Waals surface area contributed by atoms with Gasteiger partial charge in [-0.2, -0.15) is 0 Å². The van der Waals surface area contributed by atoms with Gasteiger partial charge in [0.25, 0.3) is 0 Å². The minimum atomic E-state index is -3.21. The van der Waals surface area contributed by atoms with Gasteiger partial charge in [0.1, 0.15) is 0 Å². The van der Waals surface area contributed by atoms with Gasteiger partial charge in [-0.25, -0.2) is 8.42 Å². The van der Waals surface area contributed by atoms with Crippen LogP contribution in [0.25, 0.3) is 0 Å². The lowest BCUT2D eigenvalue weighted by Crippen LogP contribution is -2.30. The molecule has 2 N–H and O–H groups in total. The average molecular weight is 298 g/mol. The highest BCUT2D eigenvalue weighted by molar-refractivity contribution is 7.92. The lowest BCUT2D eigenvalue weighted by Gasteiger charge is -2.29. The number of ether oxygens (including phenoxy) is 1. The van der Waals surface area contributed by atoms with Crippen molar-refractivity contribution in [3.63, 3.8) is 0 Å². The van der Waals surface area contributed by atoms with Gasteiger partial charge < -0.3 is 10.1 Å². The second kappa shape index (κ2) is 6.45. The normalized spacial score (nSPS) is 23.3. The van der Waals surface area contributed by atoms with E-state index in [1.54, 1.807) is 19.2 Å². The third kappa shape index (κ3) is 4.68. The summed E-state index contributed by atoms with van der Waals surface area (Å²) in [5.41, 5.74) is 1.59. The number of benzene rings is 1. The Morgan fingerprint density at radius 2 is 1.80 bits per heavy atom. The topological polar surface area (TPSA) is 67.4 Å². The number of sulfonamides is 1. The van der Waals surface area contributed by atoms with E-state index in [1.165, 1.54) is 6.42 Å². The molecule has 2 rings (SSSR count). The summed E-state index contributed by atoms with van der Waals surface area (Å²) in [6.07, 6.45) is 5.94. The molecule has 2 atom stereocenters. The predicted octanol–water partition coefficient (Wildman–Crippen LogP) is 2.43. The molecule has 1 aliphatic rings. The Morgan fingerprint density at radius 1 is 1.15 bits per heavy atom. The van der Waals surface area contributed by atoms with Gasteiger partial charge in [0.2, 0.25) is 10.0 Å². The van der Waals surface area contributed by atoms with Gasteiger partial charge in [-0.05, 0) is 49.9 Å². The summed E-state index contributed by atoms with van der Waals surface area (Å²) < 4.78 is 30.1. The molecule has 6 heteroatoms. The Balaban J connectivity index is 1.93. The molecule has 0 heterocycles. The molecule has 1 aromatic rings. The summed E-state index contributed by atoms with van der Waals surface area (Å²) in [5.74, 6) is 0. The molecule has 0 spiro atoms. The van der Waals surface area contributed by atoms with E-state index in [2.05, 4.69) is 10.0 Å². The first-order valence-electron chi connectivity index (χ1n) is 6.83. The van der Waals surface area contributed by atoms with Crippen LogP contribution < -0.4 is 10.0 Å². The van der Waals surface area contributed by atoms with E-state index < -0.39 is 10.0 Å². The van der Waals surface area contributed by atoms with Crippen molar-refractivity contribution in [1.82, 2.24) is 0 Å². The monoisotopic (exact) mass is 298 g/mol. The molecule has 5 nitrogen and oxygen atoms in total. The van der Waals surface area contributed by atoms with Gasteiger partial charge in [0.15, 0.2) is 0 Å². The Kier molecular flexibility index (Phi) is 4.88. The van der Waals surface area contributed by atoms with Crippen LogP contribution >= 0.6 is 0 Å². The third-order valence-electron chi connectivity index (χ3n) is 3.52. The van der Waals surface area contributed by atoms with Crippen LogP contribution in [0.2, 0.25) is 0 Å². The third-order valence-corrected chi connectivity index (χ3v) is 4.12. The molecule has 0 bridgehead atoms. The zero-order chi connectivity index (χ0) is 14.6. The van der Waals surface area contributed by atoms with Crippen LogP contribution in [0.1, 0.15) is 25.7 Å². The van der Waals surface area contributed by atoms with Crippen LogP contribution in [-0.4, -0.2) is 33.9 Å². The number of hydrogen-bond donors (Lipinski definition) is 2. The molecule has 0 aliphatic heterocycles. The summed E-state index contributed by atoms with van der Waals surface area (Å²) in [7, 11) is -1.45.